The molecule has 2 aromatic heterocycles. The van der Waals surface area contributed by atoms with E-state index in [1.165, 1.54) is 0 Å². The Labute approximate surface area is 116 Å². The van der Waals surface area contributed by atoms with E-state index < -0.39 is 0 Å². The van der Waals surface area contributed by atoms with Crippen LogP contribution in [0, 0.1) is 11.3 Å². The van der Waals surface area contributed by atoms with Gasteiger partial charge in [0.1, 0.15) is 16.9 Å². The molecule has 0 radical (unpaired) electrons. The van der Waals surface area contributed by atoms with E-state index in [0.717, 1.165) is 17.7 Å². The van der Waals surface area contributed by atoms with Crippen LogP contribution in [-0.2, 0) is 20.0 Å². The molecule has 2 heterocycles. The fourth-order valence-electron chi connectivity index (χ4n) is 1.86. The van der Waals surface area contributed by atoms with Crippen molar-refractivity contribution in [3.05, 3.63) is 40.3 Å². The summed E-state index contributed by atoms with van der Waals surface area (Å²) in [6.07, 6.45) is 4.40. The summed E-state index contributed by atoms with van der Waals surface area (Å²) in [5.41, 5.74) is 2.56. The molecular formula is C13H14ClN5. The second-order valence-electron chi connectivity index (χ2n) is 4.11. The van der Waals surface area contributed by atoms with Crippen molar-refractivity contribution in [3.8, 4) is 6.07 Å². The van der Waals surface area contributed by atoms with Crippen LogP contribution >= 0.6 is 11.6 Å². The van der Waals surface area contributed by atoms with Crippen molar-refractivity contribution in [2.75, 3.05) is 5.32 Å². The fraction of sp³-hybridized carbons (Fsp3) is 0.308. The van der Waals surface area contributed by atoms with Gasteiger partial charge in [-0.2, -0.15) is 10.4 Å². The van der Waals surface area contributed by atoms with Crippen LogP contribution < -0.4 is 5.32 Å². The lowest BCUT2D eigenvalue weighted by Gasteiger charge is -2.07. The first-order chi connectivity index (χ1) is 9.15. The minimum atomic E-state index is 0.354. The highest BCUT2D eigenvalue weighted by Crippen LogP contribution is 2.23. The van der Waals surface area contributed by atoms with E-state index in [-0.39, 0.29) is 0 Å². The molecule has 19 heavy (non-hydrogen) atoms. The molecule has 0 atom stereocenters. The lowest BCUT2D eigenvalue weighted by Crippen LogP contribution is -2.03. The van der Waals surface area contributed by atoms with E-state index in [0.29, 0.717) is 22.9 Å². The molecule has 1 N–H and O–H groups in total. The van der Waals surface area contributed by atoms with Gasteiger partial charge in [0.2, 0.25) is 0 Å². The molecule has 0 aliphatic rings. The highest BCUT2D eigenvalue weighted by Gasteiger charge is 2.09. The monoisotopic (exact) mass is 275 g/mol. The topological polar surface area (TPSA) is 66.5 Å². The number of anilines is 1. The van der Waals surface area contributed by atoms with E-state index in [9.17, 15) is 0 Å². The van der Waals surface area contributed by atoms with Crippen molar-refractivity contribution >= 4 is 17.4 Å². The van der Waals surface area contributed by atoms with Crippen molar-refractivity contribution in [1.82, 2.24) is 14.8 Å². The number of aromatic nitrogens is 3. The second kappa shape index (κ2) is 5.72. The molecule has 0 bridgehead atoms. The van der Waals surface area contributed by atoms with Gasteiger partial charge in [-0.25, -0.2) is 4.98 Å². The summed E-state index contributed by atoms with van der Waals surface area (Å²) in [5.74, 6) is 0.520. The minimum absolute atomic E-state index is 0.354. The molecule has 0 aliphatic heterocycles. The summed E-state index contributed by atoms with van der Waals surface area (Å²) in [6, 6.07) is 3.62. The molecule has 0 aromatic carbocycles. The molecular weight excluding hydrogens is 262 g/mol. The van der Waals surface area contributed by atoms with Gasteiger partial charge < -0.3 is 5.32 Å². The van der Waals surface area contributed by atoms with Gasteiger partial charge in [0.25, 0.3) is 0 Å². The first-order valence-electron chi connectivity index (χ1n) is 5.95. The molecule has 5 nitrogen and oxygen atoms in total. The Morgan fingerprint density at radius 3 is 3.00 bits per heavy atom. The van der Waals surface area contributed by atoms with Gasteiger partial charge in [-0.05, 0) is 12.5 Å². The fourth-order valence-corrected chi connectivity index (χ4v) is 2.08. The Bertz CT molecular complexity index is 626. The van der Waals surface area contributed by atoms with Crippen LogP contribution in [-0.4, -0.2) is 14.8 Å². The third-order valence-electron chi connectivity index (χ3n) is 2.78. The molecule has 0 aliphatic carbocycles. The highest BCUT2D eigenvalue weighted by molar-refractivity contribution is 6.34. The number of aryl methyl sites for hydroxylation is 2. The van der Waals surface area contributed by atoms with Gasteiger partial charge >= 0.3 is 0 Å². The molecule has 2 rings (SSSR count). The van der Waals surface area contributed by atoms with Gasteiger partial charge in [-0.1, -0.05) is 18.5 Å². The van der Waals surface area contributed by atoms with E-state index in [2.05, 4.69) is 22.3 Å². The number of rotatable bonds is 4. The Hall–Kier alpha value is -2.06. The molecule has 0 amide bonds. The van der Waals surface area contributed by atoms with Crippen LogP contribution in [0.4, 0.5) is 5.82 Å². The lowest BCUT2D eigenvalue weighted by atomic mass is 10.2. The number of nitrogens with one attached hydrogen (secondary N) is 1. The first kappa shape index (κ1) is 13.4. The predicted molar refractivity (Wildman–Crippen MR) is 73.9 cm³/mol. The average molecular weight is 276 g/mol. The lowest BCUT2D eigenvalue weighted by molar-refractivity contribution is 0.746. The molecule has 98 valence electrons. The SMILES string of the molecule is CCc1nn(C)cc1CNc1nccc(C#N)c1Cl. The molecule has 6 heteroatoms. The van der Waals surface area contributed by atoms with Crippen molar-refractivity contribution in [1.29, 1.82) is 5.26 Å². The summed E-state index contributed by atoms with van der Waals surface area (Å²) in [6.45, 7) is 2.64. The summed E-state index contributed by atoms with van der Waals surface area (Å²) in [7, 11) is 1.89. The minimum Gasteiger partial charge on any atom is -0.365 e. The maximum absolute atomic E-state index is 8.91. The zero-order chi connectivity index (χ0) is 13.8. The van der Waals surface area contributed by atoms with Crippen LogP contribution in [0.2, 0.25) is 5.02 Å². The summed E-state index contributed by atoms with van der Waals surface area (Å²) in [5, 5.41) is 16.8. The Balaban J connectivity index is 2.17. The van der Waals surface area contributed by atoms with Crippen LogP contribution in [0.25, 0.3) is 0 Å². The molecule has 0 spiro atoms. The third-order valence-corrected chi connectivity index (χ3v) is 3.17. The smallest absolute Gasteiger partial charge is 0.146 e. The highest BCUT2D eigenvalue weighted by atomic mass is 35.5. The zero-order valence-corrected chi connectivity index (χ0v) is 11.6. The quantitative estimate of drug-likeness (QED) is 0.931. The van der Waals surface area contributed by atoms with E-state index in [1.807, 2.05) is 19.3 Å². The standard InChI is InChI=1S/C13H14ClN5/c1-3-11-10(8-19(2)18-11)7-17-13-12(14)9(6-15)4-5-16-13/h4-5,8H,3,7H2,1-2H3,(H,16,17). The number of hydrogen-bond donors (Lipinski definition) is 1. The molecule has 0 fully saturated rings. The van der Waals surface area contributed by atoms with Crippen molar-refractivity contribution in [2.24, 2.45) is 7.05 Å². The third kappa shape index (κ3) is 2.85. The van der Waals surface area contributed by atoms with Crippen LogP contribution in [0.15, 0.2) is 18.5 Å². The largest absolute Gasteiger partial charge is 0.365 e. The van der Waals surface area contributed by atoms with Crippen LogP contribution in [0.1, 0.15) is 23.7 Å². The van der Waals surface area contributed by atoms with Gasteiger partial charge in [-0.3, -0.25) is 4.68 Å². The molecule has 0 saturated carbocycles. The number of pyridine rings is 1. The molecule has 2 aromatic rings. The van der Waals surface area contributed by atoms with Crippen molar-refractivity contribution < 1.29 is 0 Å². The normalized spacial score (nSPS) is 10.2. The maximum Gasteiger partial charge on any atom is 0.146 e. The van der Waals surface area contributed by atoms with E-state index >= 15 is 0 Å². The Morgan fingerprint density at radius 1 is 1.53 bits per heavy atom. The van der Waals surface area contributed by atoms with Crippen molar-refractivity contribution in [2.45, 2.75) is 19.9 Å². The Morgan fingerprint density at radius 2 is 2.32 bits per heavy atom. The second-order valence-corrected chi connectivity index (χ2v) is 4.49. The van der Waals surface area contributed by atoms with Gasteiger partial charge in [-0.15, -0.1) is 0 Å². The first-order valence-corrected chi connectivity index (χ1v) is 6.33. The summed E-state index contributed by atoms with van der Waals surface area (Å²) < 4.78 is 1.79. The zero-order valence-electron chi connectivity index (χ0n) is 10.8. The van der Waals surface area contributed by atoms with Crippen molar-refractivity contribution in [3.63, 3.8) is 0 Å². The van der Waals surface area contributed by atoms with E-state index in [4.69, 9.17) is 16.9 Å². The predicted octanol–water partition coefficient (Wildman–Crippen LogP) is 2.51. The summed E-state index contributed by atoms with van der Waals surface area (Å²) >= 11 is 6.09. The average Bonchev–Trinajstić information content (AvgIpc) is 2.78. The molecule has 0 unspecified atom stereocenters. The Kier molecular flexibility index (Phi) is 4.03. The maximum atomic E-state index is 8.91. The van der Waals surface area contributed by atoms with Gasteiger partial charge in [0.15, 0.2) is 0 Å². The van der Waals surface area contributed by atoms with Gasteiger partial charge in [0.05, 0.1) is 11.3 Å². The summed E-state index contributed by atoms with van der Waals surface area (Å²) in [4.78, 5) is 4.14. The molecule has 0 saturated heterocycles. The number of hydrogen-bond acceptors (Lipinski definition) is 4. The number of nitrogens with zero attached hydrogens (tertiary/aromatic N) is 4. The van der Waals surface area contributed by atoms with Gasteiger partial charge in [0, 0.05) is 31.5 Å². The number of halogens is 1. The van der Waals surface area contributed by atoms with Crippen LogP contribution in [0.5, 0.6) is 0 Å². The number of nitriles is 1. The van der Waals surface area contributed by atoms with Crippen LogP contribution in [0.3, 0.4) is 0 Å². The van der Waals surface area contributed by atoms with E-state index in [1.54, 1.807) is 16.9 Å².